The van der Waals surface area contributed by atoms with Gasteiger partial charge in [0.25, 0.3) is 11.4 Å². The molecule has 3 aromatic rings. The molecule has 1 aromatic carbocycles. The zero-order chi connectivity index (χ0) is 16.9. The molecule has 2 aromatic heterocycles. The molecule has 0 radical (unpaired) electrons. The number of carbonyl (C=O) groups is 1. The van der Waals surface area contributed by atoms with Crippen LogP contribution in [-0.4, -0.2) is 32.4 Å². The molecule has 0 bridgehead atoms. The fourth-order valence-electron chi connectivity index (χ4n) is 2.10. The molecule has 3 rings (SSSR count). The summed E-state index contributed by atoms with van der Waals surface area (Å²) in [5, 5.41) is 10.6. The van der Waals surface area contributed by atoms with Gasteiger partial charge in [0.05, 0.1) is 0 Å². The number of amides is 1. The lowest BCUT2D eigenvalue weighted by atomic mass is 10.2. The van der Waals surface area contributed by atoms with Gasteiger partial charge in [-0.3, -0.25) is 9.59 Å². The van der Waals surface area contributed by atoms with Crippen LogP contribution in [0.5, 0.6) is 0 Å². The normalized spacial score (nSPS) is 10.5. The Morgan fingerprint density at radius 2 is 2.00 bits per heavy atom. The predicted molar refractivity (Wildman–Crippen MR) is 85.9 cm³/mol. The van der Waals surface area contributed by atoms with Crippen LogP contribution < -0.4 is 10.9 Å². The highest BCUT2D eigenvalue weighted by molar-refractivity contribution is 5.75. The van der Waals surface area contributed by atoms with Gasteiger partial charge in [-0.2, -0.15) is 10.1 Å². The van der Waals surface area contributed by atoms with Crippen molar-refractivity contribution in [2.24, 2.45) is 0 Å². The van der Waals surface area contributed by atoms with E-state index in [2.05, 4.69) is 20.6 Å². The second-order valence-electron chi connectivity index (χ2n) is 4.96. The van der Waals surface area contributed by atoms with E-state index in [4.69, 9.17) is 4.52 Å². The third-order valence-corrected chi connectivity index (χ3v) is 3.21. The van der Waals surface area contributed by atoms with Crippen LogP contribution in [0.2, 0.25) is 0 Å². The Morgan fingerprint density at radius 1 is 1.21 bits per heavy atom. The Morgan fingerprint density at radius 3 is 2.75 bits per heavy atom. The Balaban J connectivity index is 1.89. The molecule has 0 saturated heterocycles. The molecule has 0 atom stereocenters. The number of aromatic nitrogens is 4. The molecule has 1 N–H and O–H groups in total. The smallest absolute Gasteiger partial charge is 0.278 e. The van der Waals surface area contributed by atoms with Gasteiger partial charge >= 0.3 is 0 Å². The fourth-order valence-corrected chi connectivity index (χ4v) is 2.10. The summed E-state index contributed by atoms with van der Waals surface area (Å²) in [5.41, 5.74) is 0.754. The second-order valence-corrected chi connectivity index (χ2v) is 4.96. The minimum atomic E-state index is -0.382. The van der Waals surface area contributed by atoms with Crippen molar-refractivity contribution in [3.63, 3.8) is 0 Å². The molecule has 0 saturated carbocycles. The van der Waals surface area contributed by atoms with Gasteiger partial charge in [0.15, 0.2) is 0 Å². The fraction of sp³-hybridized carbons (Fsp3) is 0.188. The summed E-state index contributed by atoms with van der Waals surface area (Å²) in [6.07, 6.45) is 0. The highest BCUT2D eigenvalue weighted by atomic mass is 16.5. The van der Waals surface area contributed by atoms with Crippen LogP contribution in [0.15, 0.2) is 51.8 Å². The van der Waals surface area contributed by atoms with Crippen molar-refractivity contribution >= 4 is 5.91 Å². The number of hydrogen-bond acceptors (Lipinski definition) is 6. The Kier molecular flexibility index (Phi) is 4.46. The topological polar surface area (TPSA) is 103 Å². The summed E-state index contributed by atoms with van der Waals surface area (Å²) in [6, 6.07) is 12.2. The number of rotatable bonds is 5. The molecule has 0 fully saturated rings. The highest BCUT2D eigenvalue weighted by Gasteiger charge is 2.14. The van der Waals surface area contributed by atoms with Gasteiger partial charge in [-0.15, -0.1) is 0 Å². The maximum absolute atomic E-state index is 11.8. The average Bonchev–Trinajstić information content (AvgIpc) is 3.08. The van der Waals surface area contributed by atoms with E-state index >= 15 is 0 Å². The first-order chi connectivity index (χ1) is 11.7. The summed E-state index contributed by atoms with van der Waals surface area (Å²) >= 11 is 0. The summed E-state index contributed by atoms with van der Waals surface area (Å²) in [5.74, 6) is 0.312. The highest BCUT2D eigenvalue weighted by Crippen LogP contribution is 2.19. The molecule has 8 heteroatoms. The maximum Gasteiger partial charge on any atom is 0.278 e. The number of benzene rings is 1. The van der Waals surface area contributed by atoms with Crippen LogP contribution in [0.1, 0.15) is 6.92 Å². The molecule has 122 valence electrons. The molecule has 1 amide bonds. The van der Waals surface area contributed by atoms with Crippen molar-refractivity contribution in [1.29, 1.82) is 0 Å². The first kappa shape index (κ1) is 15.6. The SMILES string of the molecule is CCNC(=O)Cn1nc(-c2nc(-c3ccccc3)no2)ccc1=O. The van der Waals surface area contributed by atoms with Crippen molar-refractivity contribution in [1.82, 2.24) is 25.2 Å². The van der Waals surface area contributed by atoms with Crippen LogP contribution in [0.4, 0.5) is 0 Å². The first-order valence-electron chi connectivity index (χ1n) is 7.41. The molecule has 2 heterocycles. The van der Waals surface area contributed by atoms with E-state index in [9.17, 15) is 9.59 Å². The van der Waals surface area contributed by atoms with E-state index in [1.807, 2.05) is 30.3 Å². The van der Waals surface area contributed by atoms with Gasteiger partial charge in [0.1, 0.15) is 12.2 Å². The van der Waals surface area contributed by atoms with Gasteiger partial charge in [-0.1, -0.05) is 35.5 Å². The van der Waals surface area contributed by atoms with Crippen molar-refractivity contribution in [2.75, 3.05) is 6.54 Å². The van der Waals surface area contributed by atoms with Crippen LogP contribution in [-0.2, 0) is 11.3 Å². The van der Waals surface area contributed by atoms with Crippen molar-refractivity contribution in [2.45, 2.75) is 13.5 Å². The second kappa shape index (κ2) is 6.86. The minimum Gasteiger partial charge on any atom is -0.355 e. The molecule has 0 unspecified atom stereocenters. The van der Waals surface area contributed by atoms with Crippen molar-refractivity contribution < 1.29 is 9.32 Å². The van der Waals surface area contributed by atoms with Crippen molar-refractivity contribution in [3.8, 4) is 23.0 Å². The van der Waals surface area contributed by atoms with Crippen LogP contribution in [0, 0.1) is 0 Å². The minimum absolute atomic E-state index is 0.166. The molecule has 0 spiro atoms. The number of likely N-dealkylation sites (N-methyl/N-ethyl adjacent to an activating group) is 1. The van der Waals surface area contributed by atoms with Gasteiger partial charge in [0, 0.05) is 18.2 Å². The summed E-state index contributed by atoms with van der Waals surface area (Å²) in [4.78, 5) is 27.7. The summed E-state index contributed by atoms with van der Waals surface area (Å²) in [6.45, 7) is 2.12. The lowest BCUT2D eigenvalue weighted by Crippen LogP contribution is -2.33. The number of carbonyl (C=O) groups excluding carboxylic acids is 1. The largest absolute Gasteiger partial charge is 0.355 e. The molecule has 0 aliphatic heterocycles. The first-order valence-corrected chi connectivity index (χ1v) is 7.41. The third-order valence-electron chi connectivity index (χ3n) is 3.21. The zero-order valence-corrected chi connectivity index (χ0v) is 13.0. The van der Waals surface area contributed by atoms with Gasteiger partial charge in [0.2, 0.25) is 11.7 Å². The molecule has 0 aliphatic carbocycles. The third kappa shape index (κ3) is 3.37. The van der Waals surface area contributed by atoms with Gasteiger partial charge in [-0.05, 0) is 13.0 Å². The van der Waals surface area contributed by atoms with Crippen LogP contribution in [0.25, 0.3) is 23.0 Å². The van der Waals surface area contributed by atoms with Crippen LogP contribution >= 0.6 is 0 Å². The van der Waals surface area contributed by atoms with E-state index in [0.717, 1.165) is 10.2 Å². The standard InChI is InChI=1S/C16H15N5O3/c1-2-17-13(22)10-21-14(23)9-8-12(19-21)16-18-15(20-24-16)11-6-4-3-5-7-11/h3-9H,2,10H2,1H3,(H,17,22). The Labute approximate surface area is 137 Å². The van der Waals surface area contributed by atoms with Crippen LogP contribution in [0.3, 0.4) is 0 Å². The average molecular weight is 325 g/mol. The molecule has 0 aliphatic rings. The quantitative estimate of drug-likeness (QED) is 0.753. The summed E-state index contributed by atoms with van der Waals surface area (Å²) < 4.78 is 6.28. The van der Waals surface area contributed by atoms with E-state index in [-0.39, 0.29) is 23.9 Å². The molecule has 24 heavy (non-hydrogen) atoms. The lowest BCUT2D eigenvalue weighted by Gasteiger charge is -2.05. The number of nitrogens with zero attached hydrogens (tertiary/aromatic N) is 4. The number of nitrogens with one attached hydrogen (secondary N) is 1. The summed E-state index contributed by atoms with van der Waals surface area (Å²) in [7, 11) is 0. The zero-order valence-electron chi connectivity index (χ0n) is 13.0. The monoisotopic (exact) mass is 325 g/mol. The molecular formula is C16H15N5O3. The van der Waals surface area contributed by atoms with Crippen molar-refractivity contribution in [3.05, 3.63) is 52.8 Å². The van der Waals surface area contributed by atoms with Gasteiger partial charge < -0.3 is 9.84 Å². The Bertz CT molecular complexity index is 901. The van der Waals surface area contributed by atoms with E-state index in [0.29, 0.717) is 18.1 Å². The lowest BCUT2D eigenvalue weighted by molar-refractivity contribution is -0.121. The van der Waals surface area contributed by atoms with E-state index in [1.165, 1.54) is 12.1 Å². The maximum atomic E-state index is 11.8. The Hall–Kier alpha value is -3.29. The predicted octanol–water partition coefficient (Wildman–Crippen LogP) is 1.10. The molecule has 8 nitrogen and oxygen atoms in total. The van der Waals surface area contributed by atoms with E-state index < -0.39 is 0 Å². The van der Waals surface area contributed by atoms with Gasteiger partial charge in [-0.25, -0.2) is 4.68 Å². The number of hydrogen-bond donors (Lipinski definition) is 1. The molecular weight excluding hydrogens is 310 g/mol. The van der Waals surface area contributed by atoms with E-state index in [1.54, 1.807) is 6.92 Å².